The van der Waals surface area contributed by atoms with Gasteiger partial charge in [-0.1, -0.05) is 24.3 Å². The number of aromatic nitrogens is 2. The Labute approximate surface area is 197 Å². The average Bonchev–Trinajstić information content (AvgIpc) is 3.22. The number of benzene rings is 2. The lowest BCUT2D eigenvalue weighted by atomic mass is 10.0. The fourth-order valence-electron chi connectivity index (χ4n) is 4.84. The van der Waals surface area contributed by atoms with Gasteiger partial charge in [0.1, 0.15) is 11.9 Å². The number of carbonyl (C=O) groups excluding carboxylic acids is 1. The van der Waals surface area contributed by atoms with Gasteiger partial charge in [-0.05, 0) is 36.8 Å². The van der Waals surface area contributed by atoms with Crippen molar-refractivity contribution in [3.05, 3.63) is 65.9 Å². The summed E-state index contributed by atoms with van der Waals surface area (Å²) in [6, 6.07) is 15.0. The number of aromatic amines is 1. The van der Waals surface area contributed by atoms with Gasteiger partial charge in [0, 0.05) is 66.8 Å². The molecular weight excluding hydrogens is 430 g/mol. The highest BCUT2D eigenvalue weighted by Crippen LogP contribution is 2.32. The minimum Gasteiger partial charge on any atom is -0.480 e. The molecule has 3 N–H and O–H groups in total. The molecule has 1 amide bonds. The molecule has 1 fully saturated rings. The number of nitrogens with zero attached hydrogens (tertiary/aromatic N) is 3. The van der Waals surface area contributed by atoms with Gasteiger partial charge in [-0.15, -0.1) is 0 Å². The van der Waals surface area contributed by atoms with Crippen LogP contribution in [0.4, 0.5) is 11.5 Å². The van der Waals surface area contributed by atoms with Gasteiger partial charge < -0.3 is 20.3 Å². The van der Waals surface area contributed by atoms with Crippen LogP contribution >= 0.6 is 0 Å². The number of hydrogen-bond donors (Lipinski definition) is 3. The second kappa shape index (κ2) is 8.79. The van der Waals surface area contributed by atoms with E-state index in [1.807, 2.05) is 35.2 Å². The average molecular weight is 458 g/mol. The number of aliphatic carboxylic acids is 1. The molecule has 3 heterocycles. The number of anilines is 2. The van der Waals surface area contributed by atoms with E-state index >= 15 is 0 Å². The highest BCUT2D eigenvalue weighted by Gasteiger charge is 2.32. The number of H-pyrrole nitrogens is 1. The molecule has 0 spiro atoms. The van der Waals surface area contributed by atoms with E-state index in [9.17, 15) is 14.7 Å². The number of carbonyl (C=O) groups is 2. The minimum absolute atomic E-state index is 0.150. The summed E-state index contributed by atoms with van der Waals surface area (Å²) in [4.78, 5) is 36.0. The Kier molecular flexibility index (Phi) is 5.67. The van der Waals surface area contributed by atoms with Crippen molar-refractivity contribution in [3.8, 4) is 0 Å². The van der Waals surface area contributed by atoms with Crippen molar-refractivity contribution >= 4 is 45.2 Å². The molecule has 0 saturated carbocycles. The Bertz CT molecular complexity index is 1390. The van der Waals surface area contributed by atoms with E-state index in [0.717, 1.165) is 33.2 Å². The molecule has 4 aromatic rings. The molecular formula is C26H27N5O3. The van der Waals surface area contributed by atoms with E-state index in [1.54, 1.807) is 12.3 Å². The molecule has 0 bridgehead atoms. The fraction of sp³-hybridized carbons (Fsp3) is 0.269. The van der Waals surface area contributed by atoms with Crippen LogP contribution in [-0.2, 0) is 9.59 Å². The maximum atomic E-state index is 12.4. The molecule has 0 unspecified atom stereocenters. The lowest BCUT2D eigenvalue weighted by molar-refractivity contribution is -0.143. The molecule has 1 aliphatic heterocycles. The third kappa shape index (κ3) is 4.08. The normalized spacial score (nSPS) is 15.5. The van der Waals surface area contributed by atoms with Crippen molar-refractivity contribution in [1.29, 1.82) is 0 Å². The molecule has 1 aliphatic rings. The third-order valence-electron chi connectivity index (χ3n) is 6.48. The van der Waals surface area contributed by atoms with Crippen molar-refractivity contribution in [3.63, 3.8) is 0 Å². The van der Waals surface area contributed by atoms with Crippen LogP contribution in [0.25, 0.3) is 21.8 Å². The van der Waals surface area contributed by atoms with Gasteiger partial charge in [-0.2, -0.15) is 0 Å². The molecule has 2 aromatic heterocycles. The number of para-hydroxylation sites is 1. The largest absolute Gasteiger partial charge is 0.480 e. The van der Waals surface area contributed by atoms with Gasteiger partial charge in [0.15, 0.2) is 0 Å². The number of carboxylic acids is 1. The number of hydrogen-bond acceptors (Lipinski definition) is 5. The minimum atomic E-state index is -0.875. The predicted octanol–water partition coefficient (Wildman–Crippen LogP) is 3.93. The van der Waals surface area contributed by atoms with Gasteiger partial charge in [-0.3, -0.25) is 14.5 Å². The molecule has 2 aromatic carbocycles. The second-order valence-electron chi connectivity index (χ2n) is 8.76. The molecule has 5 rings (SSSR count). The summed E-state index contributed by atoms with van der Waals surface area (Å²) in [5.41, 5.74) is 4.35. The third-order valence-corrected chi connectivity index (χ3v) is 6.48. The highest BCUT2D eigenvalue weighted by molar-refractivity contribution is 5.95. The number of amides is 1. The van der Waals surface area contributed by atoms with Gasteiger partial charge >= 0.3 is 5.97 Å². The molecule has 8 nitrogen and oxygen atoms in total. The Morgan fingerprint density at radius 2 is 1.82 bits per heavy atom. The van der Waals surface area contributed by atoms with Crippen molar-refractivity contribution < 1.29 is 14.7 Å². The maximum absolute atomic E-state index is 12.4. The SMILES string of the molecule is CC(=O)Nc1ccc2c([C@@H](C(=O)O)N3CCN(c4cc(C)c5ccccc5n4)CC3)c[nH]c2c1. The Balaban J connectivity index is 1.37. The Morgan fingerprint density at radius 3 is 2.56 bits per heavy atom. The summed E-state index contributed by atoms with van der Waals surface area (Å²) in [6.07, 6.45) is 1.77. The summed E-state index contributed by atoms with van der Waals surface area (Å²) in [5, 5.41) is 14.9. The highest BCUT2D eigenvalue weighted by atomic mass is 16.4. The first kappa shape index (κ1) is 21.9. The number of piperazine rings is 1. The number of nitrogens with one attached hydrogen (secondary N) is 2. The second-order valence-corrected chi connectivity index (χ2v) is 8.76. The van der Waals surface area contributed by atoms with Crippen LogP contribution in [0.3, 0.4) is 0 Å². The summed E-state index contributed by atoms with van der Waals surface area (Å²) >= 11 is 0. The number of pyridine rings is 1. The van der Waals surface area contributed by atoms with Gasteiger partial charge in [0.05, 0.1) is 5.52 Å². The van der Waals surface area contributed by atoms with Crippen LogP contribution < -0.4 is 10.2 Å². The lowest BCUT2D eigenvalue weighted by Crippen LogP contribution is -2.49. The molecule has 8 heteroatoms. The van der Waals surface area contributed by atoms with Crippen molar-refractivity contribution in [2.24, 2.45) is 0 Å². The van der Waals surface area contributed by atoms with Crippen molar-refractivity contribution in [1.82, 2.24) is 14.9 Å². The van der Waals surface area contributed by atoms with Crippen LogP contribution in [0.5, 0.6) is 0 Å². The zero-order valence-electron chi connectivity index (χ0n) is 19.2. The summed E-state index contributed by atoms with van der Waals surface area (Å²) in [7, 11) is 0. The van der Waals surface area contributed by atoms with Crippen molar-refractivity contribution in [2.75, 3.05) is 36.4 Å². The Morgan fingerprint density at radius 1 is 1.06 bits per heavy atom. The number of carboxylic acid groups (broad SMARTS) is 1. The molecule has 0 radical (unpaired) electrons. The van der Waals surface area contributed by atoms with E-state index < -0.39 is 12.0 Å². The number of rotatable bonds is 5. The zero-order chi connectivity index (χ0) is 23.8. The van der Waals surface area contributed by atoms with Crippen LogP contribution in [0.1, 0.15) is 24.1 Å². The van der Waals surface area contributed by atoms with E-state index in [4.69, 9.17) is 4.98 Å². The molecule has 1 saturated heterocycles. The van der Waals surface area contributed by atoms with E-state index in [2.05, 4.69) is 34.3 Å². The van der Waals surface area contributed by atoms with E-state index in [-0.39, 0.29) is 5.91 Å². The lowest BCUT2D eigenvalue weighted by Gasteiger charge is -2.38. The van der Waals surface area contributed by atoms with Crippen LogP contribution in [0, 0.1) is 6.92 Å². The smallest absolute Gasteiger partial charge is 0.325 e. The molecule has 174 valence electrons. The zero-order valence-corrected chi connectivity index (χ0v) is 19.2. The molecule has 0 aliphatic carbocycles. The molecule has 34 heavy (non-hydrogen) atoms. The maximum Gasteiger partial charge on any atom is 0.325 e. The van der Waals surface area contributed by atoms with Gasteiger partial charge in [0.2, 0.25) is 5.91 Å². The topological polar surface area (TPSA) is 102 Å². The summed E-state index contributed by atoms with van der Waals surface area (Å²) < 4.78 is 0. The van der Waals surface area contributed by atoms with Gasteiger partial charge in [-0.25, -0.2) is 4.98 Å². The van der Waals surface area contributed by atoms with E-state index in [1.165, 1.54) is 12.5 Å². The van der Waals surface area contributed by atoms with Crippen molar-refractivity contribution in [2.45, 2.75) is 19.9 Å². The van der Waals surface area contributed by atoms with Crippen LogP contribution in [0.15, 0.2) is 54.7 Å². The van der Waals surface area contributed by atoms with Crippen LogP contribution in [0.2, 0.25) is 0 Å². The summed E-state index contributed by atoms with van der Waals surface area (Å²) in [5.74, 6) is -0.0937. The number of fused-ring (bicyclic) bond motifs is 2. The predicted molar refractivity (Wildman–Crippen MR) is 133 cm³/mol. The summed E-state index contributed by atoms with van der Waals surface area (Å²) in [6.45, 7) is 6.17. The first-order valence-corrected chi connectivity index (χ1v) is 11.4. The first-order chi connectivity index (χ1) is 16.4. The quantitative estimate of drug-likeness (QED) is 0.420. The van der Waals surface area contributed by atoms with Crippen LogP contribution in [-0.4, -0.2) is 58.0 Å². The standard InChI is InChI=1S/C26H27N5O3/c1-16-13-24(29-22-6-4-3-5-19(16)22)30-9-11-31(12-10-30)25(26(33)34)21-15-27-23-14-18(28-17(2)32)7-8-20(21)23/h3-8,13-15,25,27H,9-12H2,1-2H3,(H,28,32)(H,33,34)/t25-/m0/s1. The van der Waals surface area contributed by atoms with E-state index in [0.29, 0.717) is 31.9 Å². The Hall–Kier alpha value is -3.91. The molecule has 1 atom stereocenters. The number of aryl methyl sites for hydroxylation is 1. The first-order valence-electron chi connectivity index (χ1n) is 11.4. The fourth-order valence-corrected chi connectivity index (χ4v) is 4.84. The van der Waals surface area contributed by atoms with Gasteiger partial charge in [0.25, 0.3) is 0 Å². The monoisotopic (exact) mass is 457 g/mol.